The molecule has 0 radical (unpaired) electrons. The fourth-order valence-corrected chi connectivity index (χ4v) is 1.41. The molecular weight excluding hydrogens is 178 g/mol. The Bertz CT molecular complexity index is 363. The smallest absolute Gasteiger partial charge is 0.299 e. The molecule has 12 heavy (non-hydrogen) atoms. The van der Waals surface area contributed by atoms with Gasteiger partial charge in [-0.2, -0.15) is 0 Å². The van der Waals surface area contributed by atoms with Crippen molar-refractivity contribution < 1.29 is 14.1 Å². The molecule has 0 bridgehead atoms. The average Bonchev–Trinajstić information content (AvgIpc) is 2.44. The van der Waals surface area contributed by atoms with Crippen LogP contribution in [0, 0.1) is 0 Å². The first-order valence-electron chi connectivity index (χ1n) is 3.29. The van der Waals surface area contributed by atoms with Crippen molar-refractivity contribution in [3.63, 3.8) is 0 Å². The Morgan fingerprint density at radius 2 is 2.50 bits per heavy atom. The van der Waals surface area contributed by atoms with E-state index in [0.29, 0.717) is 27.6 Å². The zero-order valence-electron chi connectivity index (χ0n) is 5.93. The van der Waals surface area contributed by atoms with Gasteiger partial charge in [-0.05, 0) is 12.2 Å². The highest BCUT2D eigenvalue weighted by Gasteiger charge is 2.25. The topological polar surface area (TPSA) is 58.9 Å². The van der Waals surface area contributed by atoms with Crippen LogP contribution in [0.5, 0.6) is 0 Å². The van der Waals surface area contributed by atoms with Crippen LogP contribution in [0.2, 0.25) is 0 Å². The average molecular weight is 183 g/mol. The van der Waals surface area contributed by atoms with Crippen molar-refractivity contribution in [1.82, 2.24) is 0 Å². The molecule has 1 aliphatic heterocycles. The maximum absolute atomic E-state index is 10.5. The van der Waals surface area contributed by atoms with Crippen LogP contribution in [0.3, 0.4) is 0 Å². The van der Waals surface area contributed by atoms with Gasteiger partial charge in [0.2, 0.25) is 0 Å². The summed E-state index contributed by atoms with van der Waals surface area (Å²) in [4.78, 5) is 4.21. The van der Waals surface area contributed by atoms with Gasteiger partial charge < -0.3 is 9.84 Å². The second-order valence-corrected chi connectivity index (χ2v) is 2.87. The predicted molar refractivity (Wildman–Crippen MR) is 44.9 cm³/mol. The third kappa shape index (κ3) is 1.03. The first-order chi connectivity index (χ1) is 5.81. The summed E-state index contributed by atoms with van der Waals surface area (Å²) in [7, 11) is 0. The Morgan fingerprint density at radius 1 is 1.67 bits per heavy atom. The molecule has 2 rings (SSSR count). The highest BCUT2D eigenvalue weighted by molar-refractivity contribution is 7.69. The van der Waals surface area contributed by atoms with Gasteiger partial charge in [0.05, 0.1) is 16.1 Å². The summed E-state index contributed by atoms with van der Waals surface area (Å²) in [5.74, 6) is 0.461. The van der Waals surface area contributed by atoms with Gasteiger partial charge in [0.15, 0.2) is 5.76 Å². The lowest BCUT2D eigenvalue weighted by Gasteiger charge is -2.03. The summed E-state index contributed by atoms with van der Waals surface area (Å²) in [6.45, 7) is 0. The van der Waals surface area contributed by atoms with E-state index >= 15 is 0 Å². The van der Waals surface area contributed by atoms with Crippen molar-refractivity contribution in [1.29, 1.82) is 0 Å². The van der Waals surface area contributed by atoms with Crippen LogP contribution < -0.4 is 0 Å². The number of aliphatic hydroxyl groups excluding tert-OH is 1. The fraction of sp³-hybridized carbons (Fsp3) is 0.143. The molecule has 0 fully saturated rings. The van der Waals surface area contributed by atoms with Gasteiger partial charge in [0.25, 0.3) is 6.41 Å². The first-order valence-corrected chi connectivity index (χ1v) is 4.04. The zero-order chi connectivity index (χ0) is 8.55. The van der Waals surface area contributed by atoms with Crippen molar-refractivity contribution >= 4 is 21.8 Å². The maximum Gasteiger partial charge on any atom is 0.299 e. The molecule has 0 saturated heterocycles. The van der Waals surface area contributed by atoms with E-state index in [-0.39, 0.29) is 0 Å². The van der Waals surface area contributed by atoms with Crippen molar-refractivity contribution in [3.8, 4) is 0 Å². The van der Waals surface area contributed by atoms with E-state index in [1.165, 1.54) is 0 Å². The van der Waals surface area contributed by atoms with Crippen molar-refractivity contribution in [2.24, 2.45) is 4.99 Å². The number of nitrogens with zero attached hydrogens (tertiary/aromatic N) is 1. The molecule has 1 aliphatic carbocycles. The summed E-state index contributed by atoms with van der Waals surface area (Å²) >= 11 is 0.341. The standard InChI is InChI=1S/C7H5NO3S/c9-7-8-6-4(11-7)2-1-3-5(6)12-10/h1-3,7,9H. The van der Waals surface area contributed by atoms with E-state index in [9.17, 15) is 4.21 Å². The number of hydrogen-bond acceptors (Lipinski definition) is 4. The van der Waals surface area contributed by atoms with Gasteiger partial charge in [-0.3, -0.25) is 0 Å². The molecule has 0 spiro atoms. The van der Waals surface area contributed by atoms with Crippen LogP contribution in [-0.2, 0) is 16.0 Å². The monoisotopic (exact) mass is 183 g/mol. The van der Waals surface area contributed by atoms with Crippen LogP contribution in [0.15, 0.2) is 29.0 Å². The molecular formula is C7H5NO3S. The third-order valence-electron chi connectivity index (χ3n) is 1.52. The highest BCUT2D eigenvalue weighted by Crippen LogP contribution is 2.18. The Kier molecular flexibility index (Phi) is 1.67. The summed E-state index contributed by atoms with van der Waals surface area (Å²) in [6, 6.07) is 0. The molecule has 1 N–H and O–H groups in total. The number of allylic oxidation sites excluding steroid dienone is 4. The molecule has 0 saturated carbocycles. The number of aliphatic imine (C=N–C) groups is 1. The normalized spacial score (nSPS) is 25.8. The van der Waals surface area contributed by atoms with Gasteiger partial charge in [-0.1, -0.05) is 6.08 Å². The number of fused-ring (bicyclic) bond motifs is 1. The summed E-state index contributed by atoms with van der Waals surface area (Å²) in [5, 5.41) is 8.97. The predicted octanol–water partition coefficient (Wildman–Crippen LogP) is -0.427. The lowest BCUT2D eigenvalue weighted by molar-refractivity contribution is -0.0381. The molecule has 1 atom stereocenters. The second-order valence-electron chi connectivity index (χ2n) is 2.26. The minimum absolute atomic E-state index is 0.341. The van der Waals surface area contributed by atoms with Crippen molar-refractivity contribution in [3.05, 3.63) is 24.0 Å². The van der Waals surface area contributed by atoms with E-state index in [2.05, 4.69) is 4.99 Å². The molecule has 2 aliphatic rings. The first kappa shape index (κ1) is 7.45. The quantitative estimate of drug-likeness (QED) is 0.518. The largest absolute Gasteiger partial charge is 0.443 e. The maximum atomic E-state index is 10.5. The second kappa shape index (κ2) is 2.69. The minimum atomic E-state index is -1.16. The summed E-state index contributed by atoms with van der Waals surface area (Å²) in [5.41, 5.74) is 0.449. The van der Waals surface area contributed by atoms with Crippen LogP contribution >= 0.6 is 0 Å². The zero-order valence-corrected chi connectivity index (χ0v) is 6.75. The van der Waals surface area contributed by atoms with Gasteiger partial charge in [-0.25, -0.2) is 9.20 Å². The molecule has 0 aromatic carbocycles. The number of ether oxygens (including phenoxy) is 1. The molecule has 4 nitrogen and oxygen atoms in total. The molecule has 62 valence electrons. The number of hydrogen-bond donors (Lipinski definition) is 1. The van der Waals surface area contributed by atoms with Gasteiger partial charge in [0.1, 0.15) is 5.71 Å². The SMILES string of the molecule is O=S=C1C=CC=C2OC(O)N=C21. The van der Waals surface area contributed by atoms with E-state index in [4.69, 9.17) is 9.84 Å². The van der Waals surface area contributed by atoms with Crippen LogP contribution in [-0.4, -0.2) is 26.3 Å². The van der Waals surface area contributed by atoms with Crippen molar-refractivity contribution in [2.75, 3.05) is 0 Å². The van der Waals surface area contributed by atoms with E-state index in [1.807, 2.05) is 0 Å². The molecule has 5 heteroatoms. The van der Waals surface area contributed by atoms with Gasteiger partial charge in [0, 0.05) is 0 Å². The van der Waals surface area contributed by atoms with E-state index in [1.54, 1.807) is 18.2 Å². The van der Waals surface area contributed by atoms with Gasteiger partial charge in [-0.15, -0.1) is 0 Å². The Hall–Kier alpha value is -1.20. The van der Waals surface area contributed by atoms with E-state index in [0.717, 1.165) is 0 Å². The van der Waals surface area contributed by atoms with E-state index < -0.39 is 6.41 Å². The Morgan fingerprint density at radius 3 is 3.25 bits per heavy atom. The van der Waals surface area contributed by atoms with Crippen LogP contribution in [0.4, 0.5) is 0 Å². The minimum Gasteiger partial charge on any atom is -0.443 e. The van der Waals surface area contributed by atoms with Crippen molar-refractivity contribution in [2.45, 2.75) is 6.41 Å². The Labute approximate surface area is 72.0 Å². The fourth-order valence-electron chi connectivity index (χ4n) is 1.04. The number of aliphatic hydroxyl groups is 1. The highest BCUT2D eigenvalue weighted by atomic mass is 32.1. The summed E-state index contributed by atoms with van der Waals surface area (Å²) < 4.78 is 15.4. The molecule has 1 heterocycles. The van der Waals surface area contributed by atoms with Gasteiger partial charge >= 0.3 is 0 Å². The summed E-state index contributed by atoms with van der Waals surface area (Å²) in [6.07, 6.45) is 3.83. The van der Waals surface area contributed by atoms with Crippen LogP contribution in [0.25, 0.3) is 0 Å². The Balaban J connectivity index is 2.50. The number of rotatable bonds is 0. The lowest BCUT2D eigenvalue weighted by atomic mass is 10.1. The molecule has 1 unspecified atom stereocenters. The third-order valence-corrected chi connectivity index (χ3v) is 2.03. The van der Waals surface area contributed by atoms with Crippen LogP contribution in [0.1, 0.15) is 0 Å². The lowest BCUT2D eigenvalue weighted by Crippen LogP contribution is -2.14. The molecule has 0 aromatic rings. The molecule has 0 aromatic heterocycles. The molecule has 0 amide bonds.